The Morgan fingerprint density at radius 1 is 1.44 bits per heavy atom. The summed E-state index contributed by atoms with van der Waals surface area (Å²) in [6, 6.07) is 0. The number of thioether (sulfide) groups is 1. The second-order valence-corrected chi connectivity index (χ2v) is 7.26. The molecule has 0 saturated heterocycles. The van der Waals surface area contributed by atoms with Crippen LogP contribution in [0.1, 0.15) is 40.0 Å². The van der Waals surface area contributed by atoms with Gasteiger partial charge < -0.3 is 4.74 Å². The first-order valence-electron chi connectivity index (χ1n) is 5.99. The summed E-state index contributed by atoms with van der Waals surface area (Å²) in [7, 11) is 0. The Labute approximate surface area is 101 Å². The van der Waals surface area contributed by atoms with Crippen LogP contribution in [0.3, 0.4) is 0 Å². The fourth-order valence-corrected chi connectivity index (χ4v) is 5.58. The lowest BCUT2D eigenvalue weighted by Gasteiger charge is -2.52. The standard InChI is InChI=1S/C13H18O2S/c1-11(2)9-4-6-12(3,8-9)13(11)15-10(14)5-7-16-13/h5,7,9H,4,6,8H2,1-3H3. The molecule has 0 aromatic rings. The zero-order chi connectivity index (χ0) is 11.6. The van der Waals surface area contributed by atoms with Gasteiger partial charge >= 0.3 is 5.97 Å². The Bertz CT molecular complexity index is 381. The van der Waals surface area contributed by atoms with Crippen LogP contribution in [0.25, 0.3) is 0 Å². The summed E-state index contributed by atoms with van der Waals surface area (Å²) in [4.78, 5) is 11.3. The minimum absolute atomic E-state index is 0.0884. The second kappa shape index (κ2) is 2.87. The van der Waals surface area contributed by atoms with Crippen LogP contribution in [0.5, 0.6) is 0 Å². The maximum atomic E-state index is 11.6. The van der Waals surface area contributed by atoms with Crippen LogP contribution in [0.4, 0.5) is 0 Å². The Morgan fingerprint density at radius 3 is 2.75 bits per heavy atom. The number of carbonyl (C=O) groups excluding carboxylic acids is 1. The van der Waals surface area contributed by atoms with Crippen LogP contribution in [0, 0.1) is 16.7 Å². The first-order chi connectivity index (χ1) is 7.41. The molecule has 3 aliphatic rings. The molecule has 1 spiro atoms. The second-order valence-electron chi connectivity index (χ2n) is 6.18. The third kappa shape index (κ3) is 0.987. The van der Waals surface area contributed by atoms with Gasteiger partial charge in [-0.25, -0.2) is 4.79 Å². The molecular formula is C13H18O2S. The zero-order valence-corrected chi connectivity index (χ0v) is 10.9. The van der Waals surface area contributed by atoms with Gasteiger partial charge in [0.25, 0.3) is 0 Å². The smallest absolute Gasteiger partial charge is 0.332 e. The monoisotopic (exact) mass is 238 g/mol. The molecule has 1 aliphatic heterocycles. The summed E-state index contributed by atoms with van der Waals surface area (Å²) in [6.45, 7) is 6.82. The summed E-state index contributed by atoms with van der Waals surface area (Å²) in [5, 5.41) is 1.93. The minimum atomic E-state index is -0.325. The van der Waals surface area contributed by atoms with Gasteiger partial charge in [0.15, 0.2) is 4.93 Å². The highest BCUT2D eigenvalue weighted by Crippen LogP contribution is 2.73. The van der Waals surface area contributed by atoms with Gasteiger partial charge in [0.2, 0.25) is 0 Å². The number of rotatable bonds is 0. The SMILES string of the molecule is CC12CCC(C1)C(C)(C)C21OC(=O)C=CS1. The Hall–Kier alpha value is -0.440. The minimum Gasteiger partial charge on any atom is -0.443 e. The van der Waals surface area contributed by atoms with E-state index in [9.17, 15) is 4.79 Å². The van der Waals surface area contributed by atoms with Crippen LogP contribution in [0.15, 0.2) is 11.5 Å². The van der Waals surface area contributed by atoms with E-state index in [1.807, 2.05) is 5.41 Å². The highest BCUT2D eigenvalue weighted by Gasteiger charge is 2.72. The molecule has 2 aliphatic carbocycles. The van der Waals surface area contributed by atoms with E-state index in [1.54, 1.807) is 17.8 Å². The van der Waals surface area contributed by atoms with E-state index in [4.69, 9.17) is 4.74 Å². The van der Waals surface area contributed by atoms with Crippen molar-refractivity contribution in [3.05, 3.63) is 11.5 Å². The fraction of sp³-hybridized carbons (Fsp3) is 0.769. The lowest BCUT2D eigenvalue weighted by Crippen LogP contribution is -2.54. The largest absolute Gasteiger partial charge is 0.443 e. The average Bonchev–Trinajstić information content (AvgIpc) is 2.66. The van der Waals surface area contributed by atoms with Gasteiger partial charge in [0.1, 0.15) is 0 Å². The van der Waals surface area contributed by atoms with Crippen LogP contribution >= 0.6 is 11.8 Å². The van der Waals surface area contributed by atoms with Gasteiger partial charge in [0, 0.05) is 16.9 Å². The molecule has 3 unspecified atom stereocenters. The van der Waals surface area contributed by atoms with Crippen molar-refractivity contribution in [3.63, 3.8) is 0 Å². The Balaban J connectivity index is 2.11. The molecule has 0 amide bonds. The highest BCUT2D eigenvalue weighted by atomic mass is 32.2. The van der Waals surface area contributed by atoms with Gasteiger partial charge in [-0.2, -0.15) is 0 Å². The number of fused-ring (bicyclic) bond motifs is 3. The number of esters is 1. The number of hydrogen-bond donors (Lipinski definition) is 0. The van der Waals surface area contributed by atoms with E-state index in [0.717, 1.165) is 0 Å². The molecule has 0 aromatic heterocycles. The van der Waals surface area contributed by atoms with Crippen molar-refractivity contribution < 1.29 is 9.53 Å². The summed E-state index contributed by atoms with van der Waals surface area (Å²) in [6.07, 6.45) is 5.22. The van der Waals surface area contributed by atoms with Crippen molar-refractivity contribution in [2.24, 2.45) is 16.7 Å². The number of hydrogen-bond acceptors (Lipinski definition) is 3. The molecule has 2 fully saturated rings. The van der Waals surface area contributed by atoms with Crippen LogP contribution in [-0.2, 0) is 9.53 Å². The average molecular weight is 238 g/mol. The third-order valence-corrected chi connectivity index (χ3v) is 6.79. The van der Waals surface area contributed by atoms with E-state index >= 15 is 0 Å². The molecule has 0 aromatic carbocycles. The lowest BCUT2D eigenvalue weighted by atomic mass is 9.69. The summed E-state index contributed by atoms with van der Waals surface area (Å²) in [5.41, 5.74) is 0.247. The molecule has 88 valence electrons. The van der Waals surface area contributed by atoms with Crippen molar-refractivity contribution in [1.82, 2.24) is 0 Å². The normalized spacial score (nSPS) is 48.7. The van der Waals surface area contributed by atoms with E-state index < -0.39 is 0 Å². The van der Waals surface area contributed by atoms with Gasteiger partial charge in [-0.1, -0.05) is 32.5 Å². The summed E-state index contributed by atoms with van der Waals surface area (Å²) in [5.74, 6) is 0.532. The summed E-state index contributed by atoms with van der Waals surface area (Å²) >= 11 is 1.72. The molecular weight excluding hydrogens is 220 g/mol. The number of carbonyl (C=O) groups is 1. The molecule has 2 nitrogen and oxygen atoms in total. The first kappa shape index (κ1) is 10.7. The van der Waals surface area contributed by atoms with Crippen molar-refractivity contribution in [1.29, 1.82) is 0 Å². The molecule has 3 heteroatoms. The molecule has 0 N–H and O–H groups in total. The molecule has 3 atom stereocenters. The molecule has 1 heterocycles. The molecule has 3 rings (SSSR count). The van der Waals surface area contributed by atoms with Gasteiger partial charge in [-0.05, 0) is 30.6 Å². The zero-order valence-electron chi connectivity index (χ0n) is 10.1. The molecule has 2 bridgehead atoms. The third-order valence-electron chi connectivity index (χ3n) is 5.09. The highest BCUT2D eigenvalue weighted by molar-refractivity contribution is 8.03. The van der Waals surface area contributed by atoms with Gasteiger partial charge in [-0.15, -0.1) is 0 Å². The van der Waals surface area contributed by atoms with Crippen LogP contribution in [-0.4, -0.2) is 10.9 Å². The fourth-order valence-electron chi connectivity index (χ4n) is 4.14. The quantitative estimate of drug-likeness (QED) is 0.605. The van der Waals surface area contributed by atoms with E-state index in [2.05, 4.69) is 20.8 Å². The van der Waals surface area contributed by atoms with Crippen molar-refractivity contribution in [2.45, 2.75) is 45.0 Å². The van der Waals surface area contributed by atoms with E-state index in [-0.39, 0.29) is 21.7 Å². The Kier molecular flexibility index (Phi) is 1.92. The van der Waals surface area contributed by atoms with Crippen molar-refractivity contribution >= 4 is 17.7 Å². The Morgan fingerprint density at radius 2 is 2.19 bits per heavy atom. The molecule has 16 heavy (non-hydrogen) atoms. The number of ether oxygens (including phenoxy) is 1. The van der Waals surface area contributed by atoms with Gasteiger partial charge in [0.05, 0.1) is 0 Å². The van der Waals surface area contributed by atoms with Crippen molar-refractivity contribution in [2.75, 3.05) is 0 Å². The molecule has 0 radical (unpaired) electrons. The lowest BCUT2D eigenvalue weighted by molar-refractivity contribution is -0.166. The maximum absolute atomic E-state index is 11.6. The van der Waals surface area contributed by atoms with E-state index in [0.29, 0.717) is 5.92 Å². The van der Waals surface area contributed by atoms with Crippen LogP contribution < -0.4 is 0 Å². The summed E-state index contributed by atoms with van der Waals surface area (Å²) < 4.78 is 5.82. The topological polar surface area (TPSA) is 26.3 Å². The van der Waals surface area contributed by atoms with Gasteiger partial charge in [-0.3, -0.25) is 0 Å². The maximum Gasteiger partial charge on any atom is 0.332 e. The molecule has 2 saturated carbocycles. The predicted molar refractivity (Wildman–Crippen MR) is 64.8 cm³/mol. The predicted octanol–water partition coefficient (Wildman–Crippen LogP) is 3.33. The first-order valence-corrected chi connectivity index (χ1v) is 6.87. The van der Waals surface area contributed by atoms with Crippen molar-refractivity contribution in [3.8, 4) is 0 Å². The van der Waals surface area contributed by atoms with Crippen LogP contribution in [0.2, 0.25) is 0 Å². The van der Waals surface area contributed by atoms with E-state index in [1.165, 1.54) is 19.3 Å².